The van der Waals surface area contributed by atoms with Gasteiger partial charge in [0.25, 0.3) is 0 Å². The first kappa shape index (κ1) is 49.6. The van der Waals surface area contributed by atoms with E-state index in [9.17, 15) is 19.8 Å². The standard InChI is InChI=1S/C45H87NO5/c1-3-5-7-9-11-13-15-17-21-25-29-33-37-43(48)42(41-47)46-44(49)38-34-30-26-22-19-20-24-28-32-36-40-51-45(50)39-35-31-27-23-18-16-14-12-10-8-6-4-2/h20,24,42-43,47-48H,3-19,21-23,25-41H2,1-2H3,(H,46,49)/b24-20-. The quantitative estimate of drug-likeness (QED) is 0.0332. The third kappa shape index (κ3) is 38.1. The Bertz CT molecular complexity index is 757. The fourth-order valence-electron chi connectivity index (χ4n) is 6.81. The average molecular weight is 722 g/mol. The summed E-state index contributed by atoms with van der Waals surface area (Å²) >= 11 is 0. The van der Waals surface area contributed by atoms with Crippen LogP contribution in [0.15, 0.2) is 12.2 Å². The highest BCUT2D eigenvalue weighted by molar-refractivity contribution is 5.76. The summed E-state index contributed by atoms with van der Waals surface area (Å²) in [7, 11) is 0. The molecule has 0 aromatic carbocycles. The van der Waals surface area contributed by atoms with E-state index in [4.69, 9.17) is 4.74 Å². The zero-order chi connectivity index (χ0) is 37.3. The third-order valence-electron chi connectivity index (χ3n) is 10.3. The zero-order valence-electron chi connectivity index (χ0n) is 34.1. The van der Waals surface area contributed by atoms with E-state index in [0.717, 1.165) is 77.0 Å². The summed E-state index contributed by atoms with van der Waals surface area (Å²) in [5, 5.41) is 23.1. The highest BCUT2D eigenvalue weighted by Gasteiger charge is 2.20. The minimum absolute atomic E-state index is 0.0362. The minimum Gasteiger partial charge on any atom is -0.466 e. The summed E-state index contributed by atoms with van der Waals surface area (Å²) in [6.45, 7) is 4.85. The Morgan fingerprint density at radius 2 is 0.922 bits per heavy atom. The second-order valence-electron chi connectivity index (χ2n) is 15.4. The van der Waals surface area contributed by atoms with Crippen LogP contribution < -0.4 is 5.32 Å². The minimum atomic E-state index is -0.683. The molecule has 302 valence electrons. The molecule has 0 bridgehead atoms. The summed E-state index contributed by atoms with van der Waals surface area (Å²) in [5.74, 6) is -0.108. The third-order valence-corrected chi connectivity index (χ3v) is 10.3. The van der Waals surface area contributed by atoms with Gasteiger partial charge in [0.15, 0.2) is 0 Å². The van der Waals surface area contributed by atoms with Crippen LogP contribution in [0.2, 0.25) is 0 Å². The maximum atomic E-state index is 12.4. The van der Waals surface area contributed by atoms with Crippen LogP contribution in [0, 0.1) is 0 Å². The van der Waals surface area contributed by atoms with Crippen molar-refractivity contribution in [3.63, 3.8) is 0 Å². The monoisotopic (exact) mass is 722 g/mol. The SMILES string of the molecule is CCCCCCCCCCCCCCC(=O)OCCCC/C=C\CCCCCCC(=O)NC(CO)C(O)CCCCCCCCCCCCCC. The molecular formula is C45H87NO5. The molecule has 2 atom stereocenters. The van der Waals surface area contributed by atoms with E-state index in [2.05, 4.69) is 31.3 Å². The predicted octanol–water partition coefficient (Wildman–Crippen LogP) is 12.6. The van der Waals surface area contributed by atoms with Gasteiger partial charge in [-0.1, -0.05) is 187 Å². The summed E-state index contributed by atoms with van der Waals surface area (Å²) in [6.07, 6.45) is 44.5. The van der Waals surface area contributed by atoms with Crippen molar-refractivity contribution in [1.82, 2.24) is 5.32 Å². The predicted molar refractivity (Wildman–Crippen MR) is 218 cm³/mol. The van der Waals surface area contributed by atoms with Gasteiger partial charge in [0.1, 0.15) is 0 Å². The maximum absolute atomic E-state index is 12.4. The molecule has 3 N–H and O–H groups in total. The van der Waals surface area contributed by atoms with Gasteiger partial charge in [0.2, 0.25) is 5.91 Å². The molecule has 0 saturated carbocycles. The second-order valence-corrected chi connectivity index (χ2v) is 15.4. The van der Waals surface area contributed by atoms with Gasteiger partial charge >= 0.3 is 5.97 Å². The Morgan fingerprint density at radius 1 is 0.529 bits per heavy atom. The molecule has 0 fully saturated rings. The maximum Gasteiger partial charge on any atom is 0.305 e. The summed E-state index contributed by atoms with van der Waals surface area (Å²) in [4.78, 5) is 24.3. The average Bonchev–Trinajstić information content (AvgIpc) is 3.13. The number of ether oxygens (including phenoxy) is 1. The Kier molecular flexibility index (Phi) is 40.2. The van der Waals surface area contributed by atoms with Crippen LogP contribution in [-0.4, -0.2) is 47.4 Å². The van der Waals surface area contributed by atoms with Crippen LogP contribution in [0.25, 0.3) is 0 Å². The smallest absolute Gasteiger partial charge is 0.305 e. The molecule has 2 unspecified atom stereocenters. The highest BCUT2D eigenvalue weighted by atomic mass is 16.5. The molecule has 0 spiro atoms. The molecule has 6 heteroatoms. The molecular weight excluding hydrogens is 634 g/mol. The summed E-state index contributed by atoms with van der Waals surface area (Å²) in [5.41, 5.74) is 0. The van der Waals surface area contributed by atoms with E-state index in [-0.39, 0.29) is 18.5 Å². The van der Waals surface area contributed by atoms with Crippen molar-refractivity contribution in [1.29, 1.82) is 0 Å². The molecule has 1 amide bonds. The number of aliphatic hydroxyl groups is 2. The van der Waals surface area contributed by atoms with Crippen molar-refractivity contribution >= 4 is 11.9 Å². The number of amides is 1. The fraction of sp³-hybridized carbons (Fsp3) is 0.911. The number of unbranched alkanes of at least 4 members (excludes halogenated alkanes) is 28. The van der Waals surface area contributed by atoms with E-state index >= 15 is 0 Å². The number of allylic oxidation sites excluding steroid dienone is 2. The lowest BCUT2D eigenvalue weighted by Gasteiger charge is -2.22. The van der Waals surface area contributed by atoms with E-state index in [1.807, 2.05) is 0 Å². The van der Waals surface area contributed by atoms with Gasteiger partial charge in [-0.3, -0.25) is 9.59 Å². The van der Waals surface area contributed by atoms with E-state index < -0.39 is 12.1 Å². The van der Waals surface area contributed by atoms with Gasteiger partial charge in [-0.25, -0.2) is 0 Å². The molecule has 6 nitrogen and oxygen atoms in total. The van der Waals surface area contributed by atoms with Crippen LogP contribution >= 0.6 is 0 Å². The van der Waals surface area contributed by atoms with Crippen LogP contribution in [0.4, 0.5) is 0 Å². The molecule has 0 aliphatic carbocycles. The fourth-order valence-corrected chi connectivity index (χ4v) is 6.81. The van der Waals surface area contributed by atoms with Gasteiger partial charge in [0, 0.05) is 12.8 Å². The van der Waals surface area contributed by atoms with Crippen molar-refractivity contribution in [2.24, 2.45) is 0 Å². The Morgan fingerprint density at radius 3 is 1.39 bits per heavy atom. The van der Waals surface area contributed by atoms with Gasteiger partial charge in [-0.2, -0.15) is 0 Å². The Balaban J connectivity index is 3.54. The molecule has 0 heterocycles. The van der Waals surface area contributed by atoms with Crippen LogP contribution in [0.1, 0.15) is 239 Å². The summed E-state index contributed by atoms with van der Waals surface area (Å²) in [6, 6.07) is -0.563. The van der Waals surface area contributed by atoms with Crippen LogP contribution in [0.5, 0.6) is 0 Å². The van der Waals surface area contributed by atoms with E-state index in [1.165, 1.54) is 128 Å². The zero-order valence-corrected chi connectivity index (χ0v) is 34.1. The van der Waals surface area contributed by atoms with Crippen molar-refractivity contribution < 1.29 is 24.5 Å². The first-order valence-corrected chi connectivity index (χ1v) is 22.4. The topological polar surface area (TPSA) is 95.9 Å². The number of carbonyl (C=O) groups excluding carboxylic acids is 2. The van der Waals surface area contributed by atoms with Crippen LogP contribution in [0.3, 0.4) is 0 Å². The molecule has 0 rings (SSSR count). The van der Waals surface area contributed by atoms with Crippen molar-refractivity contribution in [2.45, 2.75) is 251 Å². The Labute approximate surface area is 317 Å². The molecule has 0 aromatic heterocycles. The number of carbonyl (C=O) groups is 2. The molecule has 0 saturated heterocycles. The lowest BCUT2D eigenvalue weighted by Crippen LogP contribution is -2.45. The normalized spacial score (nSPS) is 12.8. The molecule has 0 aromatic rings. The van der Waals surface area contributed by atoms with Crippen molar-refractivity contribution in [2.75, 3.05) is 13.2 Å². The number of nitrogens with one attached hydrogen (secondary N) is 1. The number of hydrogen-bond acceptors (Lipinski definition) is 5. The molecule has 51 heavy (non-hydrogen) atoms. The molecule has 0 aliphatic heterocycles. The number of aliphatic hydroxyl groups excluding tert-OH is 2. The first-order chi connectivity index (χ1) is 25.0. The second kappa shape index (κ2) is 41.4. The van der Waals surface area contributed by atoms with Gasteiger partial charge in [-0.15, -0.1) is 0 Å². The largest absolute Gasteiger partial charge is 0.466 e. The molecule has 0 aliphatic rings. The van der Waals surface area contributed by atoms with E-state index in [0.29, 0.717) is 25.9 Å². The van der Waals surface area contributed by atoms with Gasteiger partial charge in [-0.05, 0) is 51.4 Å². The van der Waals surface area contributed by atoms with Crippen molar-refractivity contribution in [3.05, 3.63) is 12.2 Å². The lowest BCUT2D eigenvalue weighted by atomic mass is 10.0. The number of esters is 1. The highest BCUT2D eigenvalue weighted by Crippen LogP contribution is 2.15. The first-order valence-electron chi connectivity index (χ1n) is 22.4. The van der Waals surface area contributed by atoms with Gasteiger partial charge < -0.3 is 20.3 Å². The lowest BCUT2D eigenvalue weighted by molar-refractivity contribution is -0.143. The van der Waals surface area contributed by atoms with E-state index in [1.54, 1.807) is 0 Å². The van der Waals surface area contributed by atoms with Crippen molar-refractivity contribution in [3.8, 4) is 0 Å². The Hall–Kier alpha value is -1.40. The number of rotatable bonds is 41. The summed E-state index contributed by atoms with van der Waals surface area (Å²) < 4.78 is 5.41. The number of hydrogen-bond donors (Lipinski definition) is 3. The molecule has 0 radical (unpaired) electrons. The van der Waals surface area contributed by atoms with Gasteiger partial charge in [0.05, 0.1) is 25.4 Å². The van der Waals surface area contributed by atoms with Crippen LogP contribution in [-0.2, 0) is 14.3 Å².